The number of anilines is 2. The lowest BCUT2D eigenvalue weighted by Gasteiger charge is -2.32. The Hall–Kier alpha value is -1.98. The predicted molar refractivity (Wildman–Crippen MR) is 97.2 cm³/mol. The molecule has 0 aromatic heterocycles. The van der Waals surface area contributed by atoms with Crippen molar-refractivity contribution in [1.82, 2.24) is 4.90 Å². The largest absolute Gasteiger partial charge is 0.449 e. The maximum atomic E-state index is 14.1. The molecule has 1 saturated heterocycles. The summed E-state index contributed by atoms with van der Waals surface area (Å²) in [5.74, 6) is 0.467. The highest BCUT2D eigenvalue weighted by Gasteiger charge is 2.27. The molecule has 0 atom stereocenters. The molecule has 2 aliphatic rings. The number of hydrogen-bond acceptors (Lipinski definition) is 4. The first-order valence-corrected chi connectivity index (χ1v) is 9.21. The second-order valence-electron chi connectivity index (χ2n) is 7.61. The van der Waals surface area contributed by atoms with E-state index >= 15 is 0 Å². The number of benzene rings is 1. The smallest absolute Gasteiger partial charge is 0.409 e. The summed E-state index contributed by atoms with van der Waals surface area (Å²) in [5.41, 5.74) is 7.81. The Kier molecular flexibility index (Phi) is 5.35. The van der Waals surface area contributed by atoms with Crippen molar-refractivity contribution in [2.24, 2.45) is 5.92 Å². The lowest BCUT2D eigenvalue weighted by atomic mass is 10.0. The maximum absolute atomic E-state index is 14.1. The molecule has 3 rings (SSSR count). The number of carbonyl (C=O) groups excluding carboxylic acids is 1. The van der Waals surface area contributed by atoms with Crippen LogP contribution in [0.2, 0.25) is 0 Å². The predicted octanol–water partition coefficient (Wildman–Crippen LogP) is 3.95. The molecule has 0 radical (unpaired) electrons. The second-order valence-corrected chi connectivity index (χ2v) is 7.61. The standard InChI is InChI=1S/C19H28FN3O2/c1-12(2)11-25-19(24)23-7-5-15(6-8-23)22-17-10-14(13-3-4-13)9-16(20)18(17)21/h9-10,12-13,15,22H,3-8,11,21H2,1-2H3. The van der Waals surface area contributed by atoms with Crippen molar-refractivity contribution in [3.63, 3.8) is 0 Å². The van der Waals surface area contributed by atoms with Gasteiger partial charge in [0.25, 0.3) is 0 Å². The van der Waals surface area contributed by atoms with Gasteiger partial charge < -0.3 is 20.7 Å². The van der Waals surface area contributed by atoms with Gasteiger partial charge in [-0.25, -0.2) is 9.18 Å². The van der Waals surface area contributed by atoms with Crippen LogP contribution in [0.25, 0.3) is 0 Å². The number of carbonyl (C=O) groups is 1. The monoisotopic (exact) mass is 349 g/mol. The molecular formula is C19H28FN3O2. The lowest BCUT2D eigenvalue weighted by molar-refractivity contribution is 0.0845. The number of hydrogen-bond donors (Lipinski definition) is 2. The molecule has 1 aliphatic carbocycles. The van der Waals surface area contributed by atoms with E-state index in [4.69, 9.17) is 10.5 Å². The van der Waals surface area contributed by atoms with Gasteiger partial charge in [0.2, 0.25) is 0 Å². The van der Waals surface area contributed by atoms with Gasteiger partial charge in [0.1, 0.15) is 5.82 Å². The van der Waals surface area contributed by atoms with Crippen LogP contribution in [0.1, 0.15) is 51.0 Å². The molecule has 1 aromatic rings. The quantitative estimate of drug-likeness (QED) is 0.790. The zero-order valence-electron chi connectivity index (χ0n) is 15.1. The molecule has 3 N–H and O–H groups in total. The molecule has 138 valence electrons. The maximum Gasteiger partial charge on any atom is 0.409 e. The Bertz CT molecular complexity index is 623. The molecule has 0 bridgehead atoms. The highest BCUT2D eigenvalue weighted by atomic mass is 19.1. The molecule has 2 fully saturated rings. The minimum absolute atomic E-state index is 0.183. The third kappa shape index (κ3) is 4.55. The summed E-state index contributed by atoms with van der Waals surface area (Å²) >= 11 is 0. The SMILES string of the molecule is CC(C)COC(=O)N1CCC(Nc2cc(C3CC3)cc(F)c2N)CC1. The molecule has 6 heteroatoms. The number of piperidine rings is 1. The Morgan fingerprint density at radius 1 is 1.32 bits per heavy atom. The van der Waals surface area contributed by atoms with Gasteiger partial charge in [0.15, 0.2) is 0 Å². The Labute approximate surface area is 148 Å². The number of likely N-dealkylation sites (tertiary alicyclic amines) is 1. The molecule has 1 aliphatic heterocycles. The van der Waals surface area contributed by atoms with Crippen LogP contribution in [0.3, 0.4) is 0 Å². The number of nitrogens with one attached hydrogen (secondary N) is 1. The fraction of sp³-hybridized carbons (Fsp3) is 0.632. The van der Waals surface area contributed by atoms with Gasteiger partial charge >= 0.3 is 6.09 Å². The summed E-state index contributed by atoms with van der Waals surface area (Å²) in [7, 11) is 0. The number of halogens is 1. The number of rotatable bonds is 5. The molecule has 0 spiro atoms. The minimum Gasteiger partial charge on any atom is -0.449 e. The average Bonchev–Trinajstić information content (AvgIpc) is 3.42. The van der Waals surface area contributed by atoms with Crippen LogP contribution in [0.15, 0.2) is 12.1 Å². The normalized spacial score (nSPS) is 18.5. The van der Waals surface area contributed by atoms with Crippen molar-refractivity contribution in [2.75, 3.05) is 30.7 Å². The Morgan fingerprint density at radius 2 is 2.00 bits per heavy atom. The highest BCUT2D eigenvalue weighted by Crippen LogP contribution is 2.42. The lowest BCUT2D eigenvalue weighted by Crippen LogP contribution is -2.43. The van der Waals surface area contributed by atoms with E-state index in [9.17, 15) is 9.18 Å². The summed E-state index contributed by atoms with van der Waals surface area (Å²) in [6.45, 7) is 5.75. The number of nitrogen functional groups attached to an aromatic ring is 1. The summed E-state index contributed by atoms with van der Waals surface area (Å²) in [6.07, 6.45) is 3.60. The van der Waals surface area contributed by atoms with Crippen molar-refractivity contribution in [1.29, 1.82) is 0 Å². The number of ether oxygens (including phenoxy) is 1. The van der Waals surface area contributed by atoms with Crippen LogP contribution in [0.5, 0.6) is 0 Å². The van der Waals surface area contributed by atoms with E-state index in [-0.39, 0.29) is 23.6 Å². The third-order valence-corrected chi connectivity index (χ3v) is 4.85. The highest BCUT2D eigenvalue weighted by molar-refractivity contribution is 5.69. The number of nitrogens with two attached hydrogens (primary N) is 1. The summed E-state index contributed by atoms with van der Waals surface area (Å²) < 4.78 is 19.3. The average molecular weight is 349 g/mol. The zero-order chi connectivity index (χ0) is 18.0. The van der Waals surface area contributed by atoms with Gasteiger partial charge in [0, 0.05) is 19.1 Å². The molecule has 5 nitrogen and oxygen atoms in total. The molecular weight excluding hydrogens is 321 g/mol. The molecule has 25 heavy (non-hydrogen) atoms. The first kappa shape index (κ1) is 17.8. The van der Waals surface area contributed by atoms with Crippen LogP contribution in [0.4, 0.5) is 20.6 Å². The van der Waals surface area contributed by atoms with Gasteiger partial charge in [-0.3, -0.25) is 0 Å². The zero-order valence-corrected chi connectivity index (χ0v) is 15.1. The van der Waals surface area contributed by atoms with E-state index in [0.29, 0.717) is 37.2 Å². The molecule has 1 amide bonds. The van der Waals surface area contributed by atoms with E-state index in [1.54, 1.807) is 11.0 Å². The van der Waals surface area contributed by atoms with Gasteiger partial charge in [-0.1, -0.05) is 13.8 Å². The molecule has 1 heterocycles. The Balaban J connectivity index is 1.55. The van der Waals surface area contributed by atoms with Gasteiger partial charge in [0.05, 0.1) is 18.0 Å². The molecule has 1 aromatic carbocycles. The second kappa shape index (κ2) is 7.50. The van der Waals surface area contributed by atoms with Crippen molar-refractivity contribution in [2.45, 2.75) is 51.5 Å². The van der Waals surface area contributed by atoms with Crippen molar-refractivity contribution < 1.29 is 13.9 Å². The summed E-state index contributed by atoms with van der Waals surface area (Å²) in [4.78, 5) is 13.7. The third-order valence-electron chi connectivity index (χ3n) is 4.85. The van der Waals surface area contributed by atoms with Crippen LogP contribution < -0.4 is 11.1 Å². The van der Waals surface area contributed by atoms with E-state index in [0.717, 1.165) is 31.2 Å². The first-order chi connectivity index (χ1) is 11.9. The van der Waals surface area contributed by atoms with Crippen molar-refractivity contribution in [3.05, 3.63) is 23.5 Å². The van der Waals surface area contributed by atoms with Gasteiger partial charge in [-0.05, 0) is 55.2 Å². The van der Waals surface area contributed by atoms with Crippen LogP contribution in [0, 0.1) is 11.7 Å². The Morgan fingerprint density at radius 3 is 2.60 bits per heavy atom. The number of amides is 1. The molecule has 0 unspecified atom stereocenters. The summed E-state index contributed by atoms with van der Waals surface area (Å²) in [5, 5.41) is 3.38. The summed E-state index contributed by atoms with van der Waals surface area (Å²) in [6, 6.07) is 3.73. The first-order valence-electron chi connectivity index (χ1n) is 9.21. The topological polar surface area (TPSA) is 67.6 Å². The van der Waals surface area contributed by atoms with Crippen molar-refractivity contribution in [3.8, 4) is 0 Å². The van der Waals surface area contributed by atoms with Crippen LogP contribution >= 0.6 is 0 Å². The van der Waals surface area contributed by atoms with Gasteiger partial charge in [-0.2, -0.15) is 0 Å². The minimum atomic E-state index is -0.346. The van der Waals surface area contributed by atoms with Gasteiger partial charge in [-0.15, -0.1) is 0 Å². The van der Waals surface area contributed by atoms with E-state index in [1.165, 1.54) is 0 Å². The van der Waals surface area contributed by atoms with E-state index < -0.39 is 0 Å². The van der Waals surface area contributed by atoms with E-state index in [2.05, 4.69) is 5.32 Å². The molecule has 1 saturated carbocycles. The van der Waals surface area contributed by atoms with E-state index in [1.807, 2.05) is 19.9 Å². The van der Waals surface area contributed by atoms with Crippen LogP contribution in [-0.2, 0) is 4.74 Å². The van der Waals surface area contributed by atoms with Crippen LogP contribution in [-0.4, -0.2) is 36.7 Å². The van der Waals surface area contributed by atoms with Crippen molar-refractivity contribution >= 4 is 17.5 Å². The fourth-order valence-corrected chi connectivity index (χ4v) is 3.17. The fourth-order valence-electron chi connectivity index (χ4n) is 3.17. The number of nitrogens with zero attached hydrogens (tertiary/aromatic N) is 1.